The van der Waals surface area contributed by atoms with E-state index in [-0.39, 0.29) is 12.0 Å². The molecule has 4 nitrogen and oxygen atoms in total. The van der Waals surface area contributed by atoms with Crippen molar-refractivity contribution in [2.24, 2.45) is 17.6 Å². The Bertz CT molecular complexity index is 398. The van der Waals surface area contributed by atoms with Crippen molar-refractivity contribution < 1.29 is 4.52 Å². The highest BCUT2D eigenvalue weighted by Crippen LogP contribution is 2.36. The predicted molar refractivity (Wildman–Crippen MR) is 80.5 cm³/mol. The molecule has 0 bridgehead atoms. The third-order valence-electron chi connectivity index (χ3n) is 4.82. The fourth-order valence-electron chi connectivity index (χ4n) is 3.49. The minimum absolute atomic E-state index is 0.0409. The summed E-state index contributed by atoms with van der Waals surface area (Å²) in [6, 6.07) is 0.0409. The Balaban J connectivity index is 2.05. The fraction of sp³-hybridized carbons (Fsp3) is 0.875. The van der Waals surface area contributed by atoms with Crippen molar-refractivity contribution in [3.05, 3.63) is 11.7 Å². The molecule has 2 atom stereocenters. The largest absolute Gasteiger partial charge is 0.339 e. The number of hydrogen-bond acceptors (Lipinski definition) is 4. The Morgan fingerprint density at radius 2 is 1.85 bits per heavy atom. The molecule has 2 rings (SSSR count). The average Bonchev–Trinajstić information content (AvgIpc) is 2.87. The molecule has 1 heterocycles. The molecule has 1 saturated carbocycles. The molecule has 2 N–H and O–H groups in total. The van der Waals surface area contributed by atoms with Gasteiger partial charge in [-0.3, -0.25) is 0 Å². The first-order chi connectivity index (χ1) is 9.52. The number of rotatable bonds is 5. The summed E-state index contributed by atoms with van der Waals surface area (Å²) in [5.41, 5.74) is 6.07. The van der Waals surface area contributed by atoms with E-state index in [1.807, 2.05) is 6.92 Å². The van der Waals surface area contributed by atoms with Gasteiger partial charge in [0.1, 0.15) is 0 Å². The zero-order valence-corrected chi connectivity index (χ0v) is 13.3. The summed E-state index contributed by atoms with van der Waals surface area (Å²) in [7, 11) is 0. The topological polar surface area (TPSA) is 64.9 Å². The van der Waals surface area contributed by atoms with Gasteiger partial charge in [0.15, 0.2) is 5.82 Å². The summed E-state index contributed by atoms with van der Waals surface area (Å²) in [6.45, 7) is 8.61. The summed E-state index contributed by atoms with van der Waals surface area (Å²) < 4.78 is 5.51. The van der Waals surface area contributed by atoms with Crippen molar-refractivity contribution in [2.75, 3.05) is 0 Å². The lowest BCUT2D eigenvalue weighted by molar-refractivity contribution is 0.287. The maximum Gasteiger partial charge on any atom is 0.231 e. The van der Waals surface area contributed by atoms with Crippen molar-refractivity contribution in [3.63, 3.8) is 0 Å². The average molecular weight is 279 g/mol. The van der Waals surface area contributed by atoms with Gasteiger partial charge in [0.05, 0.1) is 5.92 Å². The van der Waals surface area contributed by atoms with Gasteiger partial charge in [-0.15, -0.1) is 0 Å². The highest BCUT2D eigenvalue weighted by Gasteiger charge is 2.29. The summed E-state index contributed by atoms with van der Waals surface area (Å²) in [5, 5.41) is 4.23. The van der Waals surface area contributed by atoms with E-state index in [1.54, 1.807) is 0 Å². The summed E-state index contributed by atoms with van der Waals surface area (Å²) >= 11 is 0. The standard InChI is InChI=1S/C16H29N3O/c1-5-12-6-8-13(9-7-12)15-18-16(20-19-15)14(10(2)3)11(4)17/h10-14H,5-9,17H2,1-4H3. The van der Waals surface area contributed by atoms with Gasteiger partial charge in [-0.25, -0.2) is 0 Å². The van der Waals surface area contributed by atoms with Crippen LogP contribution in [0.25, 0.3) is 0 Å². The zero-order chi connectivity index (χ0) is 14.7. The van der Waals surface area contributed by atoms with Gasteiger partial charge in [0, 0.05) is 12.0 Å². The molecule has 1 aromatic rings. The molecule has 1 fully saturated rings. The van der Waals surface area contributed by atoms with Crippen molar-refractivity contribution in [2.45, 2.75) is 77.7 Å². The molecular formula is C16H29N3O. The Morgan fingerprint density at radius 1 is 1.20 bits per heavy atom. The minimum atomic E-state index is 0.0409. The van der Waals surface area contributed by atoms with E-state index in [9.17, 15) is 0 Å². The van der Waals surface area contributed by atoms with Gasteiger partial charge < -0.3 is 10.3 Å². The first-order valence-corrected chi connectivity index (χ1v) is 8.12. The molecule has 1 aromatic heterocycles. The van der Waals surface area contributed by atoms with Crippen molar-refractivity contribution >= 4 is 0 Å². The highest BCUT2D eigenvalue weighted by molar-refractivity contribution is 5.03. The molecule has 0 radical (unpaired) electrons. The van der Waals surface area contributed by atoms with Crippen LogP contribution in [0.5, 0.6) is 0 Å². The Kier molecular flexibility index (Phi) is 5.19. The van der Waals surface area contributed by atoms with Crippen LogP contribution >= 0.6 is 0 Å². The van der Waals surface area contributed by atoms with E-state index in [1.165, 1.54) is 32.1 Å². The van der Waals surface area contributed by atoms with E-state index in [0.29, 0.717) is 11.8 Å². The first kappa shape index (κ1) is 15.5. The molecule has 0 amide bonds. The van der Waals surface area contributed by atoms with Crippen LogP contribution in [0.15, 0.2) is 4.52 Å². The number of hydrogen-bond donors (Lipinski definition) is 1. The van der Waals surface area contributed by atoms with Crippen LogP contribution in [-0.4, -0.2) is 16.2 Å². The maximum atomic E-state index is 6.07. The molecule has 1 aliphatic rings. The molecule has 1 aliphatic carbocycles. The van der Waals surface area contributed by atoms with E-state index < -0.39 is 0 Å². The third kappa shape index (κ3) is 3.40. The summed E-state index contributed by atoms with van der Waals surface area (Å²) in [6.07, 6.45) is 6.28. The Labute approximate surface area is 122 Å². The Morgan fingerprint density at radius 3 is 2.35 bits per heavy atom. The SMILES string of the molecule is CCC1CCC(c2noc(C(C(C)C)C(C)N)n2)CC1. The molecule has 114 valence electrons. The molecule has 20 heavy (non-hydrogen) atoms. The Hall–Kier alpha value is -0.900. The molecule has 0 spiro atoms. The van der Waals surface area contributed by atoms with Crippen molar-refractivity contribution in [1.82, 2.24) is 10.1 Å². The lowest BCUT2D eigenvalue weighted by atomic mass is 9.80. The van der Waals surface area contributed by atoms with Crippen LogP contribution in [0, 0.1) is 11.8 Å². The van der Waals surface area contributed by atoms with E-state index in [4.69, 9.17) is 10.3 Å². The maximum absolute atomic E-state index is 6.07. The van der Waals surface area contributed by atoms with Gasteiger partial charge in [-0.2, -0.15) is 4.98 Å². The summed E-state index contributed by atoms with van der Waals surface area (Å²) in [4.78, 5) is 4.67. The van der Waals surface area contributed by atoms with Crippen LogP contribution in [-0.2, 0) is 0 Å². The van der Waals surface area contributed by atoms with Crippen LogP contribution in [0.2, 0.25) is 0 Å². The second-order valence-corrected chi connectivity index (χ2v) is 6.75. The van der Waals surface area contributed by atoms with Gasteiger partial charge >= 0.3 is 0 Å². The minimum Gasteiger partial charge on any atom is -0.339 e. The highest BCUT2D eigenvalue weighted by atomic mass is 16.5. The van der Waals surface area contributed by atoms with Gasteiger partial charge in [-0.1, -0.05) is 32.3 Å². The molecule has 0 aromatic carbocycles. The second-order valence-electron chi connectivity index (χ2n) is 6.75. The zero-order valence-electron chi connectivity index (χ0n) is 13.3. The molecule has 0 saturated heterocycles. The quantitative estimate of drug-likeness (QED) is 0.889. The molecule has 2 unspecified atom stereocenters. The summed E-state index contributed by atoms with van der Waals surface area (Å²) in [5.74, 6) is 3.58. The van der Waals surface area contributed by atoms with E-state index in [2.05, 4.69) is 30.9 Å². The van der Waals surface area contributed by atoms with Gasteiger partial charge in [0.25, 0.3) is 0 Å². The van der Waals surface area contributed by atoms with Crippen LogP contribution in [0.1, 0.15) is 83.3 Å². The van der Waals surface area contributed by atoms with Gasteiger partial charge in [0.2, 0.25) is 5.89 Å². The molecule has 0 aliphatic heterocycles. The number of aromatic nitrogens is 2. The number of nitrogens with two attached hydrogens (primary N) is 1. The lowest BCUT2D eigenvalue weighted by Gasteiger charge is -2.25. The van der Waals surface area contributed by atoms with Crippen molar-refractivity contribution in [1.29, 1.82) is 0 Å². The normalized spacial score (nSPS) is 26.7. The van der Waals surface area contributed by atoms with Gasteiger partial charge in [-0.05, 0) is 44.4 Å². The van der Waals surface area contributed by atoms with Crippen LogP contribution in [0.3, 0.4) is 0 Å². The molecular weight excluding hydrogens is 250 g/mol. The first-order valence-electron chi connectivity index (χ1n) is 8.12. The second kappa shape index (κ2) is 6.70. The smallest absolute Gasteiger partial charge is 0.231 e. The van der Waals surface area contributed by atoms with E-state index >= 15 is 0 Å². The van der Waals surface area contributed by atoms with Crippen LogP contribution in [0.4, 0.5) is 0 Å². The van der Waals surface area contributed by atoms with Crippen molar-refractivity contribution in [3.8, 4) is 0 Å². The fourth-order valence-corrected chi connectivity index (χ4v) is 3.49. The van der Waals surface area contributed by atoms with E-state index in [0.717, 1.165) is 17.6 Å². The van der Waals surface area contributed by atoms with Crippen LogP contribution < -0.4 is 5.73 Å². The number of nitrogens with zero attached hydrogens (tertiary/aromatic N) is 2. The lowest BCUT2D eigenvalue weighted by Crippen LogP contribution is -2.28. The predicted octanol–water partition coefficient (Wildman–Crippen LogP) is 3.84. The monoisotopic (exact) mass is 279 g/mol. The molecule has 4 heteroatoms. The third-order valence-corrected chi connectivity index (χ3v) is 4.82.